The molecule has 3 aromatic rings. The van der Waals surface area contributed by atoms with Gasteiger partial charge in [-0.2, -0.15) is 11.8 Å². The summed E-state index contributed by atoms with van der Waals surface area (Å²) in [6.45, 7) is 0. The summed E-state index contributed by atoms with van der Waals surface area (Å²) in [5.41, 5.74) is 1.04. The molecule has 0 bridgehead atoms. The minimum absolute atomic E-state index is 0.241. The molecule has 1 atom stereocenters. The highest BCUT2D eigenvalue weighted by Gasteiger charge is 2.21. The largest absolute Gasteiger partial charge is 0.341 e. The Labute approximate surface area is 137 Å². The number of carbonyl (C=O) groups is 1. The van der Waals surface area contributed by atoms with Crippen LogP contribution in [0.2, 0.25) is 0 Å². The zero-order chi connectivity index (χ0) is 16.1. The van der Waals surface area contributed by atoms with E-state index in [4.69, 9.17) is 0 Å². The van der Waals surface area contributed by atoms with Crippen LogP contribution in [0.1, 0.15) is 28.8 Å². The zero-order valence-electron chi connectivity index (χ0n) is 12.6. The van der Waals surface area contributed by atoms with Crippen molar-refractivity contribution in [2.45, 2.75) is 12.5 Å². The Kier molecular flexibility index (Phi) is 4.82. The van der Waals surface area contributed by atoms with Gasteiger partial charge in [-0.3, -0.25) is 14.2 Å². The minimum atomic E-state index is -0.267. The van der Waals surface area contributed by atoms with Gasteiger partial charge in [0.05, 0.1) is 12.2 Å². The lowest BCUT2D eigenvalue weighted by molar-refractivity contribution is 0.0928. The highest BCUT2D eigenvalue weighted by molar-refractivity contribution is 7.98. The monoisotopic (exact) mass is 328 g/mol. The van der Waals surface area contributed by atoms with Crippen molar-refractivity contribution in [2.24, 2.45) is 0 Å². The van der Waals surface area contributed by atoms with Crippen LogP contribution in [-0.2, 0) is 0 Å². The molecule has 0 fully saturated rings. The molecule has 0 unspecified atom stereocenters. The molecule has 0 aliphatic heterocycles. The van der Waals surface area contributed by atoms with Crippen molar-refractivity contribution >= 4 is 23.3 Å². The fraction of sp³-hybridized carbons (Fsp3) is 0.267. The van der Waals surface area contributed by atoms with Crippen LogP contribution < -0.4 is 5.32 Å². The Morgan fingerprint density at radius 1 is 1.35 bits per heavy atom. The van der Waals surface area contributed by atoms with Gasteiger partial charge in [-0.05, 0) is 30.6 Å². The first-order valence-electron chi connectivity index (χ1n) is 7.15. The maximum Gasteiger partial charge on any atom is 0.272 e. The average Bonchev–Trinajstić information content (AvgIpc) is 3.03. The number of hydrogen-bond acceptors (Lipinski definition) is 6. The molecule has 1 N–H and O–H groups in total. The molecule has 0 radical (unpaired) electrons. The predicted octanol–water partition coefficient (Wildman–Crippen LogP) is 1.74. The second kappa shape index (κ2) is 7.19. The molecule has 3 aromatic heterocycles. The van der Waals surface area contributed by atoms with Crippen LogP contribution in [0.5, 0.6) is 0 Å². The van der Waals surface area contributed by atoms with Crippen molar-refractivity contribution < 1.29 is 4.79 Å². The molecular weight excluding hydrogens is 312 g/mol. The van der Waals surface area contributed by atoms with Crippen LogP contribution in [0.15, 0.2) is 43.0 Å². The molecule has 0 saturated heterocycles. The molecule has 1 amide bonds. The van der Waals surface area contributed by atoms with E-state index < -0.39 is 0 Å². The second-order valence-electron chi connectivity index (χ2n) is 4.89. The lowest BCUT2D eigenvalue weighted by Crippen LogP contribution is -2.31. The first kappa shape index (κ1) is 15.4. The lowest BCUT2D eigenvalue weighted by Gasteiger charge is -2.16. The van der Waals surface area contributed by atoms with E-state index >= 15 is 0 Å². The Morgan fingerprint density at radius 3 is 3.04 bits per heavy atom. The first-order valence-corrected chi connectivity index (χ1v) is 8.54. The third kappa shape index (κ3) is 3.48. The van der Waals surface area contributed by atoms with Crippen LogP contribution in [0.4, 0.5) is 0 Å². The van der Waals surface area contributed by atoms with Crippen molar-refractivity contribution in [3.05, 3.63) is 54.5 Å². The number of nitrogens with zero attached hydrogens (tertiary/aromatic N) is 5. The molecule has 0 spiro atoms. The summed E-state index contributed by atoms with van der Waals surface area (Å²) in [7, 11) is 0. The minimum Gasteiger partial charge on any atom is -0.341 e. The highest BCUT2D eigenvalue weighted by Crippen LogP contribution is 2.18. The number of rotatable bonds is 6. The standard InChI is InChI=1S/C15H16N6OS/c1-23-9-5-11(18-15(22)12-10-16-6-7-17-12)14-20-19-13-4-2-3-8-21(13)14/h2-4,6-8,10-11H,5,9H2,1H3,(H,18,22)/t11-/m0/s1. The molecular formula is C15H16N6OS. The SMILES string of the molecule is CSCC[C@H](NC(=O)c1cnccn1)c1nnc2ccccn12. The van der Waals surface area contributed by atoms with Gasteiger partial charge in [0.1, 0.15) is 5.69 Å². The topological polar surface area (TPSA) is 85.1 Å². The fourth-order valence-electron chi connectivity index (χ4n) is 2.25. The Balaban J connectivity index is 1.87. The highest BCUT2D eigenvalue weighted by atomic mass is 32.2. The number of nitrogens with one attached hydrogen (secondary N) is 1. The van der Waals surface area contributed by atoms with Crippen molar-refractivity contribution in [3.63, 3.8) is 0 Å². The van der Waals surface area contributed by atoms with Crippen molar-refractivity contribution in [2.75, 3.05) is 12.0 Å². The quantitative estimate of drug-likeness (QED) is 0.742. The van der Waals surface area contributed by atoms with E-state index in [9.17, 15) is 4.79 Å². The van der Waals surface area contributed by atoms with Crippen molar-refractivity contribution in [1.82, 2.24) is 29.9 Å². The first-order chi connectivity index (χ1) is 11.3. The van der Waals surface area contributed by atoms with Crippen LogP contribution in [0.3, 0.4) is 0 Å². The van der Waals surface area contributed by atoms with Gasteiger partial charge in [0.25, 0.3) is 5.91 Å². The number of aromatic nitrogens is 5. The van der Waals surface area contributed by atoms with E-state index in [1.807, 2.05) is 35.1 Å². The van der Waals surface area contributed by atoms with Gasteiger partial charge in [-0.15, -0.1) is 10.2 Å². The predicted molar refractivity (Wildman–Crippen MR) is 88.2 cm³/mol. The summed E-state index contributed by atoms with van der Waals surface area (Å²) in [6.07, 6.45) is 9.16. The van der Waals surface area contributed by atoms with Gasteiger partial charge < -0.3 is 5.32 Å². The summed E-state index contributed by atoms with van der Waals surface area (Å²) in [5, 5.41) is 11.4. The molecule has 7 nitrogen and oxygen atoms in total. The van der Waals surface area contributed by atoms with Gasteiger partial charge in [-0.1, -0.05) is 6.07 Å². The Hall–Kier alpha value is -2.48. The van der Waals surface area contributed by atoms with E-state index in [0.29, 0.717) is 5.82 Å². The summed E-state index contributed by atoms with van der Waals surface area (Å²) in [4.78, 5) is 20.3. The Morgan fingerprint density at radius 2 is 2.26 bits per heavy atom. The number of thioether (sulfide) groups is 1. The normalized spacial score (nSPS) is 12.2. The molecule has 118 valence electrons. The van der Waals surface area contributed by atoms with Gasteiger partial charge in [-0.25, -0.2) is 4.98 Å². The second-order valence-corrected chi connectivity index (χ2v) is 5.87. The van der Waals surface area contributed by atoms with E-state index in [0.717, 1.165) is 17.8 Å². The Bertz CT molecular complexity index is 791. The molecule has 8 heteroatoms. The van der Waals surface area contributed by atoms with Gasteiger partial charge in [0.2, 0.25) is 0 Å². The number of pyridine rings is 1. The molecule has 0 aliphatic carbocycles. The molecule has 3 heterocycles. The summed E-state index contributed by atoms with van der Waals surface area (Å²) in [6, 6.07) is 5.46. The summed E-state index contributed by atoms with van der Waals surface area (Å²) < 4.78 is 1.89. The molecule has 0 saturated carbocycles. The maximum atomic E-state index is 12.4. The number of carbonyl (C=O) groups excluding carboxylic acids is 1. The van der Waals surface area contributed by atoms with Gasteiger partial charge in [0.15, 0.2) is 11.5 Å². The molecule has 3 rings (SSSR count). The summed E-state index contributed by atoms with van der Waals surface area (Å²) in [5.74, 6) is 1.34. The zero-order valence-corrected chi connectivity index (χ0v) is 13.4. The van der Waals surface area contributed by atoms with Crippen molar-refractivity contribution in [1.29, 1.82) is 0 Å². The van der Waals surface area contributed by atoms with Gasteiger partial charge >= 0.3 is 0 Å². The number of hydrogen-bond donors (Lipinski definition) is 1. The number of amides is 1. The van der Waals surface area contributed by atoms with Crippen LogP contribution in [-0.4, -0.2) is 42.5 Å². The van der Waals surface area contributed by atoms with Crippen LogP contribution in [0.25, 0.3) is 5.65 Å². The molecule has 23 heavy (non-hydrogen) atoms. The van der Waals surface area contributed by atoms with E-state index in [2.05, 4.69) is 25.5 Å². The fourth-order valence-corrected chi connectivity index (χ4v) is 2.72. The van der Waals surface area contributed by atoms with Crippen LogP contribution in [0, 0.1) is 0 Å². The van der Waals surface area contributed by atoms with E-state index in [1.54, 1.807) is 11.8 Å². The van der Waals surface area contributed by atoms with E-state index in [1.165, 1.54) is 18.6 Å². The maximum absolute atomic E-state index is 12.4. The third-order valence-electron chi connectivity index (χ3n) is 3.36. The van der Waals surface area contributed by atoms with E-state index in [-0.39, 0.29) is 17.6 Å². The average molecular weight is 328 g/mol. The summed E-state index contributed by atoms with van der Waals surface area (Å²) >= 11 is 1.72. The van der Waals surface area contributed by atoms with Crippen LogP contribution >= 0.6 is 11.8 Å². The third-order valence-corrected chi connectivity index (χ3v) is 4.01. The van der Waals surface area contributed by atoms with Gasteiger partial charge in [0, 0.05) is 18.6 Å². The molecule has 0 aliphatic rings. The molecule has 0 aromatic carbocycles. The van der Waals surface area contributed by atoms with Crippen molar-refractivity contribution in [3.8, 4) is 0 Å². The lowest BCUT2D eigenvalue weighted by atomic mass is 10.2. The smallest absolute Gasteiger partial charge is 0.272 e. The number of fused-ring (bicyclic) bond motifs is 1.